The normalized spacial score (nSPS) is 13.6. The first kappa shape index (κ1) is 22.2. The summed E-state index contributed by atoms with van der Waals surface area (Å²) < 4.78 is 2.16. The van der Waals surface area contributed by atoms with Gasteiger partial charge in [0.25, 0.3) is 0 Å². The van der Waals surface area contributed by atoms with Gasteiger partial charge in [0, 0.05) is 41.7 Å². The van der Waals surface area contributed by atoms with Crippen molar-refractivity contribution in [3.05, 3.63) is 76.6 Å². The molecule has 0 fully saturated rings. The molecule has 0 amide bonds. The van der Waals surface area contributed by atoms with Crippen molar-refractivity contribution in [3.63, 3.8) is 0 Å². The zero-order valence-electron chi connectivity index (χ0n) is 16.2. The minimum absolute atomic E-state index is 0.558. The van der Waals surface area contributed by atoms with Gasteiger partial charge in [-0.1, -0.05) is 23.7 Å². The lowest BCUT2D eigenvalue weighted by atomic mass is 9.97. The van der Waals surface area contributed by atoms with Crippen LogP contribution in [0.4, 0.5) is 0 Å². The smallest absolute Gasteiger partial charge is 0.328 e. The number of carbonyl (C=O) groups is 2. The van der Waals surface area contributed by atoms with Crippen molar-refractivity contribution >= 4 is 41.4 Å². The maximum absolute atomic E-state index is 9.55. The summed E-state index contributed by atoms with van der Waals surface area (Å²) in [5.41, 5.74) is 4.88. The van der Waals surface area contributed by atoms with Crippen LogP contribution in [0.5, 0.6) is 0 Å². The fraction of sp³-hybridized carbons (Fsp3) is 0.182. The Morgan fingerprint density at radius 1 is 1.14 bits per heavy atom. The molecule has 0 saturated heterocycles. The van der Waals surface area contributed by atoms with E-state index in [2.05, 4.69) is 72.4 Å². The first-order valence-corrected chi connectivity index (χ1v) is 9.30. The van der Waals surface area contributed by atoms with E-state index in [1.54, 1.807) is 0 Å². The summed E-state index contributed by atoms with van der Waals surface area (Å²) in [4.78, 5) is 21.3. The lowest BCUT2D eigenvalue weighted by Gasteiger charge is -2.12. The van der Waals surface area contributed by atoms with Gasteiger partial charge in [-0.2, -0.15) is 0 Å². The summed E-state index contributed by atoms with van der Waals surface area (Å²) in [6, 6.07) is 10.3. The minimum atomic E-state index is -1.26. The number of fused-ring (bicyclic) bond motifs is 2. The van der Waals surface area contributed by atoms with Crippen LogP contribution in [0.15, 0.2) is 54.8 Å². The van der Waals surface area contributed by atoms with E-state index in [1.165, 1.54) is 22.4 Å². The molecule has 2 aromatic rings. The van der Waals surface area contributed by atoms with Crippen molar-refractivity contribution < 1.29 is 19.8 Å². The van der Waals surface area contributed by atoms with E-state index in [-0.39, 0.29) is 0 Å². The van der Waals surface area contributed by atoms with Crippen LogP contribution in [0.2, 0.25) is 5.02 Å². The molecule has 0 unspecified atom stereocenters. The Morgan fingerprint density at radius 3 is 2.45 bits per heavy atom. The molecule has 0 aliphatic carbocycles. The fourth-order valence-electron chi connectivity index (χ4n) is 2.78. The Bertz CT molecular complexity index is 955. The first-order valence-electron chi connectivity index (χ1n) is 8.92. The second-order valence-electron chi connectivity index (χ2n) is 6.57. The maximum atomic E-state index is 9.55. The van der Waals surface area contributed by atoms with Crippen LogP contribution in [0.25, 0.3) is 17.8 Å². The highest BCUT2D eigenvalue weighted by Crippen LogP contribution is 2.33. The van der Waals surface area contributed by atoms with Crippen LogP contribution in [0.1, 0.15) is 23.2 Å². The van der Waals surface area contributed by atoms with Crippen molar-refractivity contribution in [2.45, 2.75) is 6.42 Å². The average Bonchev–Trinajstić information content (AvgIpc) is 3.06. The van der Waals surface area contributed by atoms with Crippen LogP contribution in [-0.2, 0) is 9.59 Å². The SMILES string of the molecule is CN(C)CCC=C1c2cc(Cl)ccc2C=Cn2cccc21.O=C(O)C=CC(=O)O. The van der Waals surface area contributed by atoms with Crippen LogP contribution < -0.4 is 0 Å². The summed E-state index contributed by atoms with van der Waals surface area (Å²) in [5.74, 6) is -2.51. The number of carboxylic acid groups (broad SMARTS) is 2. The van der Waals surface area contributed by atoms with Gasteiger partial charge in [0.1, 0.15) is 0 Å². The number of nitrogens with zero attached hydrogens (tertiary/aromatic N) is 2. The van der Waals surface area contributed by atoms with Crippen LogP contribution in [-0.4, -0.2) is 52.3 Å². The Morgan fingerprint density at radius 2 is 1.83 bits per heavy atom. The van der Waals surface area contributed by atoms with E-state index in [1.807, 2.05) is 6.07 Å². The number of rotatable bonds is 5. The van der Waals surface area contributed by atoms with E-state index in [4.69, 9.17) is 21.8 Å². The van der Waals surface area contributed by atoms with Crippen LogP contribution in [0, 0.1) is 0 Å². The highest BCUT2D eigenvalue weighted by atomic mass is 35.5. The molecule has 0 bridgehead atoms. The molecule has 0 atom stereocenters. The van der Waals surface area contributed by atoms with Crippen LogP contribution in [0.3, 0.4) is 0 Å². The summed E-state index contributed by atoms with van der Waals surface area (Å²) in [6.07, 6.45) is 10.8. The average molecular weight is 415 g/mol. The number of aromatic nitrogens is 1. The molecule has 1 aromatic carbocycles. The van der Waals surface area contributed by atoms with Gasteiger partial charge in [-0.3, -0.25) is 0 Å². The number of hydrogen-bond donors (Lipinski definition) is 2. The minimum Gasteiger partial charge on any atom is -0.478 e. The third-order valence-electron chi connectivity index (χ3n) is 4.07. The molecule has 0 saturated carbocycles. The van der Waals surface area contributed by atoms with Gasteiger partial charge < -0.3 is 19.7 Å². The van der Waals surface area contributed by atoms with Crippen LogP contribution >= 0.6 is 11.6 Å². The molecule has 2 heterocycles. The molecule has 3 rings (SSSR count). The Kier molecular flexibility index (Phi) is 8.00. The molecule has 29 heavy (non-hydrogen) atoms. The van der Waals surface area contributed by atoms with Crippen molar-refractivity contribution in [1.29, 1.82) is 0 Å². The Hall–Kier alpha value is -3.09. The van der Waals surface area contributed by atoms with Crippen molar-refractivity contribution in [2.75, 3.05) is 20.6 Å². The van der Waals surface area contributed by atoms with E-state index in [0.29, 0.717) is 12.2 Å². The van der Waals surface area contributed by atoms with Gasteiger partial charge in [0.15, 0.2) is 0 Å². The summed E-state index contributed by atoms with van der Waals surface area (Å²) in [7, 11) is 4.20. The van der Waals surface area contributed by atoms with Gasteiger partial charge in [0.2, 0.25) is 0 Å². The number of halogens is 1. The van der Waals surface area contributed by atoms with Gasteiger partial charge in [-0.05, 0) is 62.0 Å². The summed E-state index contributed by atoms with van der Waals surface area (Å²) >= 11 is 6.21. The molecular formula is C22H23ClN2O4. The van der Waals surface area contributed by atoms with Gasteiger partial charge >= 0.3 is 11.9 Å². The predicted molar refractivity (Wildman–Crippen MR) is 116 cm³/mol. The molecule has 152 valence electrons. The van der Waals surface area contributed by atoms with E-state index < -0.39 is 11.9 Å². The highest BCUT2D eigenvalue weighted by molar-refractivity contribution is 6.30. The topological polar surface area (TPSA) is 82.8 Å². The van der Waals surface area contributed by atoms with Crippen molar-refractivity contribution in [1.82, 2.24) is 9.47 Å². The molecule has 0 radical (unpaired) electrons. The summed E-state index contributed by atoms with van der Waals surface area (Å²) in [5, 5.41) is 16.4. The molecule has 1 aromatic heterocycles. The maximum Gasteiger partial charge on any atom is 0.328 e. The number of hydrogen-bond acceptors (Lipinski definition) is 3. The third kappa shape index (κ3) is 6.78. The van der Waals surface area contributed by atoms with Crippen molar-refractivity contribution in [3.8, 4) is 0 Å². The van der Waals surface area contributed by atoms with Crippen molar-refractivity contribution in [2.24, 2.45) is 0 Å². The molecular weight excluding hydrogens is 392 g/mol. The fourth-order valence-corrected chi connectivity index (χ4v) is 2.95. The monoisotopic (exact) mass is 414 g/mol. The second kappa shape index (κ2) is 10.5. The molecule has 2 N–H and O–H groups in total. The van der Waals surface area contributed by atoms with Gasteiger partial charge in [0.05, 0.1) is 5.69 Å². The highest BCUT2D eigenvalue weighted by Gasteiger charge is 2.15. The third-order valence-corrected chi connectivity index (χ3v) is 4.30. The van der Waals surface area contributed by atoms with Gasteiger partial charge in [-0.15, -0.1) is 0 Å². The Balaban J connectivity index is 0.000000321. The number of benzene rings is 1. The standard InChI is InChI=1S/C18H19ClN2.C4H4O4/c1-20(2)10-3-5-16-17-13-15(19)8-7-14(17)9-12-21-11-4-6-18(16)21;5-3(6)1-2-4(7)8/h4-9,11-13H,3,10H2,1-2H3;1-2H,(H,5,6)(H,7,8). The zero-order valence-corrected chi connectivity index (χ0v) is 17.0. The second-order valence-corrected chi connectivity index (χ2v) is 7.00. The summed E-state index contributed by atoms with van der Waals surface area (Å²) in [6.45, 7) is 1.04. The predicted octanol–water partition coefficient (Wildman–Crippen LogP) is 4.18. The largest absolute Gasteiger partial charge is 0.478 e. The lowest BCUT2D eigenvalue weighted by Crippen LogP contribution is -2.12. The molecule has 0 spiro atoms. The lowest BCUT2D eigenvalue weighted by molar-refractivity contribution is -0.134. The molecule has 7 heteroatoms. The first-order chi connectivity index (χ1) is 13.8. The molecule has 1 aliphatic heterocycles. The van der Waals surface area contributed by atoms with E-state index >= 15 is 0 Å². The Labute approximate surface area is 174 Å². The van der Waals surface area contributed by atoms with E-state index in [0.717, 1.165) is 18.0 Å². The molecule has 1 aliphatic rings. The number of aliphatic carboxylic acids is 2. The number of carboxylic acids is 2. The zero-order chi connectivity index (χ0) is 21.4. The van der Waals surface area contributed by atoms with Gasteiger partial charge in [-0.25, -0.2) is 9.59 Å². The molecule has 6 nitrogen and oxygen atoms in total. The quantitative estimate of drug-likeness (QED) is 0.612. The van der Waals surface area contributed by atoms with E-state index in [9.17, 15) is 9.59 Å².